The molecular formula is C18H24N2O3S. The van der Waals surface area contributed by atoms with Crippen LogP contribution in [-0.4, -0.2) is 31.0 Å². The Labute approximate surface area is 143 Å². The zero-order chi connectivity index (χ0) is 17.3. The summed E-state index contributed by atoms with van der Waals surface area (Å²) in [6.45, 7) is 6.86. The maximum absolute atomic E-state index is 13.1. The van der Waals surface area contributed by atoms with Crippen molar-refractivity contribution in [3.8, 4) is 11.3 Å². The Morgan fingerprint density at radius 2 is 1.71 bits per heavy atom. The van der Waals surface area contributed by atoms with Crippen LogP contribution in [-0.2, 0) is 10.0 Å². The molecule has 130 valence electrons. The van der Waals surface area contributed by atoms with Gasteiger partial charge in [0.05, 0.1) is 10.6 Å². The van der Waals surface area contributed by atoms with Gasteiger partial charge in [-0.25, -0.2) is 8.42 Å². The Kier molecular flexibility index (Phi) is 4.78. The van der Waals surface area contributed by atoms with Gasteiger partial charge in [0.1, 0.15) is 0 Å². The summed E-state index contributed by atoms with van der Waals surface area (Å²) in [5.74, 6) is 0.639. The molecular weight excluding hydrogens is 324 g/mol. The number of aromatic nitrogens is 1. The average Bonchev–Trinajstić information content (AvgIpc) is 2.78. The predicted molar refractivity (Wildman–Crippen MR) is 93.4 cm³/mol. The van der Waals surface area contributed by atoms with Crippen molar-refractivity contribution in [1.29, 1.82) is 0 Å². The standard InChI is InChI=1S/C18H24N2O3S/c1-13-8-9-16(18-14(2)15(3)19-23-18)12-17(13)24(21,22)20-10-6-4-5-7-11-20/h8-9,12H,4-7,10-11H2,1-3H3. The summed E-state index contributed by atoms with van der Waals surface area (Å²) in [7, 11) is -3.48. The second-order valence-corrected chi connectivity index (χ2v) is 8.43. The molecule has 0 spiro atoms. The van der Waals surface area contributed by atoms with Crippen LogP contribution in [0.5, 0.6) is 0 Å². The van der Waals surface area contributed by atoms with Gasteiger partial charge in [-0.3, -0.25) is 0 Å². The molecule has 1 aliphatic heterocycles. The van der Waals surface area contributed by atoms with Crippen molar-refractivity contribution in [3.05, 3.63) is 35.0 Å². The van der Waals surface area contributed by atoms with Crippen molar-refractivity contribution in [2.24, 2.45) is 0 Å². The third-order valence-electron chi connectivity index (χ3n) is 4.79. The molecule has 1 aromatic carbocycles. The van der Waals surface area contributed by atoms with Gasteiger partial charge in [-0.2, -0.15) is 4.31 Å². The van der Waals surface area contributed by atoms with E-state index in [9.17, 15) is 8.42 Å². The average molecular weight is 348 g/mol. The second-order valence-electron chi connectivity index (χ2n) is 6.52. The van der Waals surface area contributed by atoms with Crippen LogP contribution in [0, 0.1) is 20.8 Å². The van der Waals surface area contributed by atoms with E-state index in [2.05, 4.69) is 5.16 Å². The van der Waals surface area contributed by atoms with Crippen LogP contribution in [0.1, 0.15) is 42.5 Å². The molecule has 6 heteroatoms. The third kappa shape index (κ3) is 3.13. The zero-order valence-corrected chi connectivity index (χ0v) is 15.3. The Bertz CT molecular complexity index is 832. The Hall–Kier alpha value is -1.66. The Balaban J connectivity index is 2.04. The van der Waals surface area contributed by atoms with Gasteiger partial charge in [-0.15, -0.1) is 0 Å². The topological polar surface area (TPSA) is 63.4 Å². The van der Waals surface area contributed by atoms with Gasteiger partial charge in [-0.05, 0) is 45.2 Å². The largest absolute Gasteiger partial charge is 0.356 e. The van der Waals surface area contributed by atoms with Gasteiger partial charge in [0.15, 0.2) is 5.76 Å². The molecule has 0 aliphatic carbocycles. The summed E-state index contributed by atoms with van der Waals surface area (Å²) in [5, 5.41) is 3.97. The van der Waals surface area contributed by atoms with Crippen molar-refractivity contribution >= 4 is 10.0 Å². The molecule has 24 heavy (non-hydrogen) atoms. The quantitative estimate of drug-likeness (QED) is 0.845. The highest BCUT2D eigenvalue weighted by molar-refractivity contribution is 7.89. The molecule has 0 amide bonds. The summed E-state index contributed by atoms with van der Waals surface area (Å²) >= 11 is 0. The number of rotatable bonds is 3. The van der Waals surface area contributed by atoms with Crippen LogP contribution in [0.2, 0.25) is 0 Å². The Morgan fingerprint density at radius 3 is 2.29 bits per heavy atom. The number of hydrogen-bond acceptors (Lipinski definition) is 4. The minimum atomic E-state index is -3.48. The number of sulfonamides is 1. The monoisotopic (exact) mass is 348 g/mol. The smallest absolute Gasteiger partial charge is 0.243 e. The number of benzene rings is 1. The van der Waals surface area contributed by atoms with Gasteiger partial charge in [-0.1, -0.05) is 30.1 Å². The van der Waals surface area contributed by atoms with Crippen molar-refractivity contribution < 1.29 is 12.9 Å². The van der Waals surface area contributed by atoms with Crippen LogP contribution in [0.15, 0.2) is 27.6 Å². The number of nitrogens with zero attached hydrogens (tertiary/aromatic N) is 2. The summed E-state index contributed by atoms with van der Waals surface area (Å²) in [4.78, 5) is 0.371. The second kappa shape index (κ2) is 6.69. The van der Waals surface area contributed by atoms with E-state index in [0.717, 1.165) is 48.1 Å². The summed E-state index contributed by atoms with van der Waals surface area (Å²) < 4.78 is 33.3. The molecule has 0 radical (unpaired) electrons. The van der Waals surface area contributed by atoms with Gasteiger partial charge in [0.25, 0.3) is 0 Å². The van der Waals surface area contributed by atoms with Crippen LogP contribution in [0.25, 0.3) is 11.3 Å². The SMILES string of the molecule is Cc1ccc(-c2onc(C)c2C)cc1S(=O)(=O)N1CCCCCC1. The molecule has 0 unspecified atom stereocenters. The maximum Gasteiger partial charge on any atom is 0.243 e. The number of hydrogen-bond donors (Lipinski definition) is 0. The minimum absolute atomic E-state index is 0.371. The normalized spacial score (nSPS) is 17.0. The lowest BCUT2D eigenvalue weighted by molar-refractivity contribution is 0.422. The summed E-state index contributed by atoms with van der Waals surface area (Å²) in [6, 6.07) is 5.46. The van der Waals surface area contributed by atoms with Crippen LogP contribution >= 0.6 is 0 Å². The highest BCUT2D eigenvalue weighted by Gasteiger charge is 2.27. The molecule has 0 N–H and O–H groups in total. The summed E-state index contributed by atoms with van der Waals surface area (Å²) in [5.41, 5.74) is 3.28. The lowest BCUT2D eigenvalue weighted by Crippen LogP contribution is -2.32. The first-order valence-corrected chi connectivity index (χ1v) is 9.89. The van der Waals surface area contributed by atoms with Crippen LogP contribution in [0.4, 0.5) is 0 Å². The van der Waals surface area contributed by atoms with Gasteiger partial charge in [0.2, 0.25) is 10.0 Å². The fraction of sp³-hybridized carbons (Fsp3) is 0.500. The van der Waals surface area contributed by atoms with E-state index in [1.54, 1.807) is 10.4 Å². The molecule has 1 aliphatic rings. The van der Waals surface area contributed by atoms with Crippen molar-refractivity contribution in [2.75, 3.05) is 13.1 Å². The first-order chi connectivity index (χ1) is 11.4. The maximum atomic E-state index is 13.1. The third-order valence-corrected chi connectivity index (χ3v) is 6.83. The molecule has 2 aromatic rings. The minimum Gasteiger partial charge on any atom is -0.356 e. The van der Waals surface area contributed by atoms with Crippen molar-refractivity contribution in [2.45, 2.75) is 51.3 Å². The molecule has 2 heterocycles. The molecule has 0 atom stereocenters. The van der Waals surface area contributed by atoms with E-state index in [1.807, 2.05) is 32.9 Å². The molecule has 1 aromatic heterocycles. The van der Waals surface area contributed by atoms with E-state index < -0.39 is 10.0 Å². The summed E-state index contributed by atoms with van der Waals surface area (Å²) in [6.07, 6.45) is 4.06. The van der Waals surface area contributed by atoms with E-state index in [0.29, 0.717) is 23.7 Å². The lowest BCUT2D eigenvalue weighted by atomic mass is 10.1. The van der Waals surface area contributed by atoms with E-state index in [4.69, 9.17) is 4.52 Å². The van der Waals surface area contributed by atoms with E-state index >= 15 is 0 Å². The zero-order valence-electron chi connectivity index (χ0n) is 14.5. The Morgan fingerprint density at radius 1 is 1.04 bits per heavy atom. The van der Waals surface area contributed by atoms with Gasteiger partial charge >= 0.3 is 0 Å². The van der Waals surface area contributed by atoms with Gasteiger partial charge < -0.3 is 4.52 Å². The molecule has 3 rings (SSSR count). The fourth-order valence-electron chi connectivity index (χ4n) is 3.12. The van der Waals surface area contributed by atoms with Crippen LogP contribution in [0.3, 0.4) is 0 Å². The molecule has 0 saturated carbocycles. The molecule has 1 fully saturated rings. The molecule has 0 bridgehead atoms. The molecule has 5 nitrogen and oxygen atoms in total. The van der Waals surface area contributed by atoms with E-state index in [-0.39, 0.29) is 0 Å². The van der Waals surface area contributed by atoms with Crippen LogP contribution < -0.4 is 0 Å². The van der Waals surface area contributed by atoms with Crippen molar-refractivity contribution in [3.63, 3.8) is 0 Å². The lowest BCUT2D eigenvalue weighted by Gasteiger charge is -2.21. The highest BCUT2D eigenvalue weighted by Crippen LogP contribution is 2.30. The molecule has 1 saturated heterocycles. The number of aryl methyl sites for hydroxylation is 2. The fourth-order valence-corrected chi connectivity index (χ4v) is 4.89. The first kappa shape index (κ1) is 17.2. The highest BCUT2D eigenvalue weighted by atomic mass is 32.2. The van der Waals surface area contributed by atoms with E-state index in [1.165, 1.54) is 0 Å². The van der Waals surface area contributed by atoms with Gasteiger partial charge in [0, 0.05) is 24.2 Å². The predicted octanol–water partition coefficient (Wildman–Crippen LogP) is 3.83. The van der Waals surface area contributed by atoms with Crippen molar-refractivity contribution in [1.82, 2.24) is 9.46 Å². The first-order valence-electron chi connectivity index (χ1n) is 8.45.